The molecule has 2 fully saturated rings. The van der Waals surface area contributed by atoms with Crippen LogP contribution in [-0.4, -0.2) is 85.6 Å². The number of aromatic nitrogens is 3. The molecule has 16 heteroatoms. The maximum atomic E-state index is 10.6. The highest BCUT2D eigenvalue weighted by Crippen LogP contribution is 2.36. The Bertz CT molecular complexity index is 1090. The Balaban J connectivity index is 0.000000333. The van der Waals surface area contributed by atoms with Crippen molar-refractivity contribution in [3.8, 4) is 0 Å². The molecule has 2 aromatic rings. The zero-order chi connectivity index (χ0) is 30.1. The molecule has 2 saturated heterocycles. The Morgan fingerprint density at radius 1 is 1.12 bits per heavy atom. The van der Waals surface area contributed by atoms with Gasteiger partial charge in [0.05, 0.1) is 30.2 Å². The van der Waals surface area contributed by atoms with Crippen LogP contribution < -0.4 is 0 Å². The summed E-state index contributed by atoms with van der Waals surface area (Å²) >= 11 is 0. The first-order valence-corrected chi connectivity index (χ1v) is 12.0. The number of carboxylic acids is 2. The summed E-state index contributed by atoms with van der Waals surface area (Å²) in [4.78, 5) is 24.7. The molecule has 1 unspecified atom stereocenters. The predicted molar refractivity (Wildman–Crippen MR) is 126 cm³/mol. The zero-order valence-corrected chi connectivity index (χ0v) is 21.7. The molecule has 40 heavy (non-hydrogen) atoms. The summed E-state index contributed by atoms with van der Waals surface area (Å²) in [5.74, 6) is -5.51. The number of carbonyl (C=O) groups is 2. The van der Waals surface area contributed by atoms with Gasteiger partial charge in [-0.05, 0) is 32.4 Å². The summed E-state index contributed by atoms with van der Waals surface area (Å²) in [6, 6.07) is 6.08. The number of hydrogen-bond donors (Lipinski definition) is 2. The Morgan fingerprint density at radius 3 is 2.23 bits per heavy atom. The van der Waals surface area contributed by atoms with Crippen LogP contribution in [0.5, 0.6) is 0 Å². The van der Waals surface area contributed by atoms with Crippen molar-refractivity contribution in [3.63, 3.8) is 0 Å². The van der Waals surface area contributed by atoms with Gasteiger partial charge < -0.3 is 19.7 Å². The lowest BCUT2D eigenvalue weighted by molar-refractivity contribution is -0.200. The van der Waals surface area contributed by atoms with Gasteiger partial charge >= 0.3 is 24.3 Å². The molecule has 4 rings (SSSR count). The van der Waals surface area contributed by atoms with Crippen molar-refractivity contribution < 1.29 is 55.6 Å². The molecule has 2 aromatic heterocycles. The molecular formula is C24H30F6N4O6. The van der Waals surface area contributed by atoms with Crippen molar-refractivity contribution in [1.82, 2.24) is 19.7 Å². The third kappa shape index (κ3) is 10.7. The summed E-state index contributed by atoms with van der Waals surface area (Å²) in [5, 5.41) is 18.6. The van der Waals surface area contributed by atoms with E-state index in [1.54, 1.807) is 0 Å². The van der Waals surface area contributed by atoms with Crippen LogP contribution >= 0.6 is 0 Å². The van der Waals surface area contributed by atoms with Gasteiger partial charge in [0, 0.05) is 56.7 Å². The lowest BCUT2D eigenvalue weighted by Gasteiger charge is -2.53. The predicted octanol–water partition coefficient (Wildman–Crippen LogP) is 3.82. The molecule has 0 amide bonds. The first-order chi connectivity index (χ1) is 18.5. The Morgan fingerprint density at radius 2 is 1.73 bits per heavy atom. The van der Waals surface area contributed by atoms with Gasteiger partial charge in [0.25, 0.3) is 0 Å². The molecule has 0 saturated carbocycles. The molecule has 0 aromatic carbocycles. The van der Waals surface area contributed by atoms with E-state index in [0.29, 0.717) is 6.61 Å². The van der Waals surface area contributed by atoms with Crippen LogP contribution in [0.15, 0.2) is 30.6 Å². The highest BCUT2D eigenvalue weighted by atomic mass is 19.4. The number of nitrogens with zero attached hydrogens (tertiary/aromatic N) is 4. The highest BCUT2D eigenvalue weighted by Gasteiger charge is 2.47. The second-order valence-corrected chi connectivity index (χ2v) is 9.18. The van der Waals surface area contributed by atoms with Gasteiger partial charge in [-0.15, -0.1) is 0 Å². The Kier molecular flexibility index (Phi) is 11.5. The van der Waals surface area contributed by atoms with Crippen LogP contribution in [0.25, 0.3) is 0 Å². The minimum absolute atomic E-state index is 0.0241. The van der Waals surface area contributed by atoms with Gasteiger partial charge in [-0.2, -0.15) is 31.4 Å². The zero-order valence-electron chi connectivity index (χ0n) is 21.7. The van der Waals surface area contributed by atoms with Gasteiger partial charge in [-0.3, -0.25) is 14.6 Å². The SMILES string of the molecule is CCn1cc(CN2CC3(CC(OCc4cccc(C)n4)CCO3)C2)cn1.O=C(O)C(F)(F)F.O=C(O)C(F)(F)F. The fraction of sp³-hybridized carbons (Fsp3) is 0.583. The van der Waals surface area contributed by atoms with Crippen molar-refractivity contribution in [2.75, 3.05) is 19.7 Å². The van der Waals surface area contributed by atoms with E-state index < -0.39 is 24.3 Å². The Hall–Kier alpha value is -3.24. The minimum atomic E-state index is -5.08. The summed E-state index contributed by atoms with van der Waals surface area (Å²) in [6.07, 6.45) is -3.86. The number of halogens is 6. The average Bonchev–Trinajstić information content (AvgIpc) is 3.29. The molecule has 4 heterocycles. The van der Waals surface area contributed by atoms with Gasteiger partial charge in [0.15, 0.2) is 0 Å². The van der Waals surface area contributed by atoms with Crippen LogP contribution in [0.2, 0.25) is 0 Å². The topological polar surface area (TPSA) is 127 Å². The standard InChI is InChI=1S/C20H28N4O2.2C2HF3O2/c1-3-24-12-17(10-21-24)11-23-14-20(15-23)9-19(7-8-26-20)25-13-18-6-4-5-16(2)22-18;2*3-2(4,5)1(6)7/h4-6,10,12,19H,3,7-9,11,13-15H2,1-2H3;2*(H,6,7). The van der Waals surface area contributed by atoms with E-state index in [4.69, 9.17) is 29.3 Å². The monoisotopic (exact) mass is 584 g/mol. The summed E-state index contributed by atoms with van der Waals surface area (Å²) < 4.78 is 77.7. The summed E-state index contributed by atoms with van der Waals surface area (Å²) in [6.45, 7) is 9.32. The van der Waals surface area contributed by atoms with E-state index in [0.717, 1.165) is 57.0 Å². The third-order valence-corrected chi connectivity index (χ3v) is 5.79. The number of rotatable bonds is 6. The van der Waals surface area contributed by atoms with E-state index in [1.807, 2.05) is 36.0 Å². The molecule has 2 aliphatic heterocycles. The van der Waals surface area contributed by atoms with E-state index in [1.165, 1.54) is 5.56 Å². The number of aryl methyl sites for hydroxylation is 2. The molecule has 1 spiro atoms. The number of aliphatic carboxylic acids is 2. The number of ether oxygens (including phenoxy) is 2. The van der Waals surface area contributed by atoms with E-state index in [9.17, 15) is 26.3 Å². The molecule has 0 aliphatic carbocycles. The molecule has 0 bridgehead atoms. The number of hydrogen-bond acceptors (Lipinski definition) is 7. The van der Waals surface area contributed by atoms with E-state index in [2.05, 4.69) is 28.1 Å². The van der Waals surface area contributed by atoms with Crippen LogP contribution in [-0.2, 0) is 38.8 Å². The maximum Gasteiger partial charge on any atom is 0.490 e. The van der Waals surface area contributed by atoms with Crippen molar-refractivity contribution in [2.24, 2.45) is 0 Å². The molecule has 2 aliphatic rings. The highest BCUT2D eigenvalue weighted by molar-refractivity contribution is 5.73. The average molecular weight is 585 g/mol. The first kappa shape index (κ1) is 33.0. The van der Waals surface area contributed by atoms with Crippen molar-refractivity contribution in [1.29, 1.82) is 0 Å². The molecule has 224 valence electrons. The largest absolute Gasteiger partial charge is 0.490 e. The molecular weight excluding hydrogens is 554 g/mol. The van der Waals surface area contributed by atoms with E-state index >= 15 is 0 Å². The second kappa shape index (κ2) is 13.9. The lowest BCUT2D eigenvalue weighted by Crippen LogP contribution is -2.65. The number of likely N-dealkylation sites (tertiary alicyclic amines) is 1. The third-order valence-electron chi connectivity index (χ3n) is 5.79. The smallest absolute Gasteiger partial charge is 0.475 e. The van der Waals surface area contributed by atoms with Crippen molar-refractivity contribution in [2.45, 2.75) is 70.4 Å². The van der Waals surface area contributed by atoms with Crippen molar-refractivity contribution in [3.05, 3.63) is 47.5 Å². The normalized spacial score (nSPS) is 18.6. The van der Waals surface area contributed by atoms with E-state index in [-0.39, 0.29) is 11.7 Å². The molecule has 10 nitrogen and oxygen atoms in total. The van der Waals surface area contributed by atoms with Crippen LogP contribution in [0.3, 0.4) is 0 Å². The Labute approximate surface area is 225 Å². The molecule has 2 N–H and O–H groups in total. The fourth-order valence-corrected chi connectivity index (χ4v) is 4.03. The second-order valence-electron chi connectivity index (χ2n) is 9.18. The van der Waals surface area contributed by atoms with Gasteiger partial charge in [-0.1, -0.05) is 6.07 Å². The number of alkyl halides is 6. The number of pyridine rings is 1. The van der Waals surface area contributed by atoms with Gasteiger partial charge in [0.2, 0.25) is 0 Å². The summed E-state index contributed by atoms with van der Waals surface area (Å²) in [7, 11) is 0. The minimum Gasteiger partial charge on any atom is -0.475 e. The molecule has 1 atom stereocenters. The van der Waals surface area contributed by atoms with Crippen molar-refractivity contribution >= 4 is 11.9 Å². The lowest BCUT2D eigenvalue weighted by atomic mass is 9.84. The van der Waals surface area contributed by atoms with Crippen LogP contribution in [0.1, 0.15) is 36.7 Å². The summed E-state index contributed by atoms with van der Waals surface area (Å²) in [5.41, 5.74) is 3.30. The quantitative estimate of drug-likeness (QED) is 0.487. The molecule has 0 radical (unpaired) electrons. The van der Waals surface area contributed by atoms with Gasteiger partial charge in [-0.25, -0.2) is 9.59 Å². The number of carboxylic acid groups (broad SMARTS) is 2. The van der Waals surface area contributed by atoms with Gasteiger partial charge in [0.1, 0.15) is 0 Å². The van der Waals surface area contributed by atoms with Crippen LogP contribution in [0.4, 0.5) is 26.3 Å². The first-order valence-electron chi connectivity index (χ1n) is 12.0. The fourth-order valence-electron chi connectivity index (χ4n) is 4.03. The van der Waals surface area contributed by atoms with Crippen LogP contribution in [0, 0.1) is 6.92 Å². The maximum absolute atomic E-state index is 10.6.